The first kappa shape index (κ1) is 16.4. The van der Waals surface area contributed by atoms with Crippen LogP contribution in [0.2, 0.25) is 0 Å². The lowest BCUT2D eigenvalue weighted by Gasteiger charge is -2.04. The Balaban J connectivity index is 0.000000659. The van der Waals surface area contributed by atoms with Gasteiger partial charge in [0.2, 0.25) is 0 Å². The number of benzene rings is 2. The van der Waals surface area contributed by atoms with Crippen LogP contribution in [0.3, 0.4) is 0 Å². The highest BCUT2D eigenvalue weighted by molar-refractivity contribution is 5.92. The smallest absolute Gasteiger partial charge is 0.0109 e. The van der Waals surface area contributed by atoms with Crippen LogP contribution >= 0.6 is 0 Å². The maximum absolute atomic E-state index is 2.18. The van der Waals surface area contributed by atoms with Gasteiger partial charge < -0.3 is 0 Å². The van der Waals surface area contributed by atoms with Crippen molar-refractivity contribution >= 4 is 16.8 Å². The van der Waals surface area contributed by atoms with E-state index >= 15 is 0 Å². The Kier molecular flexibility index (Phi) is 8.65. The molecule has 18 heavy (non-hydrogen) atoms. The van der Waals surface area contributed by atoms with Crippen LogP contribution in [-0.2, 0) is 0 Å². The minimum absolute atomic E-state index is 1.30. The van der Waals surface area contributed by atoms with Crippen molar-refractivity contribution in [3.63, 3.8) is 0 Å². The third-order valence-electron chi connectivity index (χ3n) is 2.52. The van der Waals surface area contributed by atoms with Crippen LogP contribution in [0.25, 0.3) is 16.8 Å². The van der Waals surface area contributed by atoms with E-state index in [1.807, 2.05) is 27.7 Å². The first-order valence-corrected chi connectivity index (χ1v) is 6.94. The highest BCUT2D eigenvalue weighted by Gasteiger charge is 1.99. The van der Waals surface area contributed by atoms with E-state index in [2.05, 4.69) is 62.4 Å². The standard InChI is InChI=1S/C14H14.2C2H6/c1-3-6-12-10-9-11(2)13-7-4-5-8-14(12)13;2*1-2/h3-10H,1-2H3;2*1-2H3/b6-3+;;. The lowest BCUT2D eigenvalue weighted by atomic mass is 10.0. The van der Waals surface area contributed by atoms with E-state index in [0.29, 0.717) is 0 Å². The molecule has 0 N–H and O–H groups in total. The zero-order valence-corrected chi connectivity index (χ0v) is 12.6. The summed E-state index contributed by atoms with van der Waals surface area (Å²) in [6.07, 6.45) is 4.23. The zero-order chi connectivity index (χ0) is 14.0. The molecule has 0 saturated heterocycles. The van der Waals surface area contributed by atoms with Crippen molar-refractivity contribution in [3.05, 3.63) is 53.6 Å². The van der Waals surface area contributed by atoms with Gasteiger partial charge in [0.05, 0.1) is 0 Å². The third-order valence-corrected chi connectivity index (χ3v) is 2.52. The van der Waals surface area contributed by atoms with Gasteiger partial charge in [0, 0.05) is 0 Å². The first-order chi connectivity index (χ1) is 8.83. The van der Waals surface area contributed by atoms with Crippen molar-refractivity contribution in [2.75, 3.05) is 0 Å². The first-order valence-electron chi connectivity index (χ1n) is 6.94. The predicted molar refractivity (Wildman–Crippen MR) is 86.1 cm³/mol. The summed E-state index contributed by atoms with van der Waals surface area (Å²) in [7, 11) is 0. The fraction of sp³-hybridized carbons (Fsp3) is 0.333. The summed E-state index contributed by atoms with van der Waals surface area (Å²) in [6, 6.07) is 12.9. The molecule has 0 amide bonds. The van der Waals surface area contributed by atoms with E-state index < -0.39 is 0 Å². The number of rotatable bonds is 1. The maximum atomic E-state index is 2.18. The van der Waals surface area contributed by atoms with Crippen LogP contribution in [0.1, 0.15) is 45.7 Å². The molecule has 0 aliphatic carbocycles. The molecular weight excluding hydrogens is 216 g/mol. The van der Waals surface area contributed by atoms with Crippen molar-refractivity contribution in [2.45, 2.75) is 41.5 Å². The van der Waals surface area contributed by atoms with Crippen LogP contribution in [0.5, 0.6) is 0 Å². The lowest BCUT2D eigenvalue weighted by Crippen LogP contribution is -1.81. The topological polar surface area (TPSA) is 0 Å². The molecule has 0 aliphatic rings. The molecule has 0 fully saturated rings. The number of allylic oxidation sites excluding steroid dienone is 1. The molecule has 0 spiro atoms. The monoisotopic (exact) mass is 242 g/mol. The predicted octanol–water partition coefficient (Wildman–Crippen LogP) is 6.23. The molecule has 98 valence electrons. The van der Waals surface area contributed by atoms with Gasteiger partial charge in [0.15, 0.2) is 0 Å². The Labute approximate surface area is 112 Å². The summed E-state index contributed by atoms with van der Waals surface area (Å²) in [6.45, 7) is 12.2. The molecule has 2 aromatic rings. The van der Waals surface area contributed by atoms with Gasteiger partial charge in [0.25, 0.3) is 0 Å². The van der Waals surface area contributed by atoms with Crippen molar-refractivity contribution < 1.29 is 0 Å². The second-order valence-electron chi connectivity index (χ2n) is 3.52. The number of hydrogen-bond donors (Lipinski definition) is 0. The summed E-state index contributed by atoms with van der Waals surface area (Å²) in [5.41, 5.74) is 2.64. The van der Waals surface area contributed by atoms with Crippen molar-refractivity contribution in [2.24, 2.45) is 0 Å². The van der Waals surface area contributed by atoms with E-state index in [1.165, 1.54) is 21.9 Å². The number of fused-ring (bicyclic) bond motifs is 1. The Morgan fingerprint density at radius 1 is 0.778 bits per heavy atom. The Bertz CT molecular complexity index is 478. The van der Waals surface area contributed by atoms with Gasteiger partial charge in [-0.15, -0.1) is 0 Å². The molecule has 0 unspecified atom stereocenters. The van der Waals surface area contributed by atoms with E-state index in [9.17, 15) is 0 Å². The van der Waals surface area contributed by atoms with Gasteiger partial charge >= 0.3 is 0 Å². The highest BCUT2D eigenvalue weighted by atomic mass is 14.0. The fourth-order valence-electron chi connectivity index (χ4n) is 1.80. The quantitative estimate of drug-likeness (QED) is 0.555. The van der Waals surface area contributed by atoms with Gasteiger partial charge in [-0.2, -0.15) is 0 Å². The Morgan fingerprint density at radius 2 is 1.33 bits per heavy atom. The van der Waals surface area contributed by atoms with Crippen molar-refractivity contribution in [3.8, 4) is 0 Å². The highest BCUT2D eigenvalue weighted by Crippen LogP contribution is 2.23. The molecule has 0 heterocycles. The summed E-state index contributed by atoms with van der Waals surface area (Å²) in [4.78, 5) is 0. The van der Waals surface area contributed by atoms with Crippen molar-refractivity contribution in [1.29, 1.82) is 0 Å². The molecular formula is C18H26. The molecule has 0 radical (unpaired) electrons. The second kappa shape index (κ2) is 9.47. The maximum Gasteiger partial charge on any atom is -0.0109 e. The number of hydrogen-bond acceptors (Lipinski definition) is 0. The van der Waals surface area contributed by atoms with E-state index in [-0.39, 0.29) is 0 Å². The van der Waals surface area contributed by atoms with Gasteiger partial charge in [-0.25, -0.2) is 0 Å². The van der Waals surface area contributed by atoms with Crippen LogP contribution in [0, 0.1) is 6.92 Å². The molecule has 0 bridgehead atoms. The van der Waals surface area contributed by atoms with E-state index in [4.69, 9.17) is 0 Å². The molecule has 0 nitrogen and oxygen atoms in total. The van der Waals surface area contributed by atoms with Gasteiger partial charge in [0.1, 0.15) is 0 Å². The largest absolute Gasteiger partial charge is 0.0870 e. The van der Waals surface area contributed by atoms with Crippen LogP contribution in [0.4, 0.5) is 0 Å². The zero-order valence-electron chi connectivity index (χ0n) is 12.6. The molecule has 0 atom stereocenters. The van der Waals surface area contributed by atoms with Gasteiger partial charge in [-0.3, -0.25) is 0 Å². The summed E-state index contributed by atoms with van der Waals surface area (Å²) < 4.78 is 0. The normalized spacial score (nSPS) is 9.44. The van der Waals surface area contributed by atoms with E-state index in [0.717, 1.165) is 0 Å². The SMILES string of the molecule is C/C=C/c1ccc(C)c2ccccc12.CC.CC. The summed E-state index contributed by atoms with van der Waals surface area (Å²) in [5.74, 6) is 0. The molecule has 2 aromatic carbocycles. The minimum Gasteiger partial charge on any atom is -0.0870 e. The lowest BCUT2D eigenvalue weighted by molar-refractivity contribution is 1.50. The molecule has 0 saturated carbocycles. The Hall–Kier alpha value is -1.56. The second-order valence-corrected chi connectivity index (χ2v) is 3.52. The van der Waals surface area contributed by atoms with Crippen LogP contribution in [-0.4, -0.2) is 0 Å². The molecule has 0 heteroatoms. The molecule has 0 aromatic heterocycles. The third kappa shape index (κ3) is 4.03. The molecule has 2 rings (SSSR count). The summed E-state index contributed by atoms with van der Waals surface area (Å²) in [5, 5.41) is 2.69. The van der Waals surface area contributed by atoms with Crippen LogP contribution < -0.4 is 0 Å². The van der Waals surface area contributed by atoms with E-state index in [1.54, 1.807) is 0 Å². The average Bonchev–Trinajstić information content (AvgIpc) is 2.47. The van der Waals surface area contributed by atoms with Crippen molar-refractivity contribution in [1.82, 2.24) is 0 Å². The number of aryl methyl sites for hydroxylation is 1. The minimum atomic E-state index is 1.30. The molecule has 0 aliphatic heterocycles. The van der Waals surface area contributed by atoms with Crippen LogP contribution in [0.15, 0.2) is 42.5 Å². The average molecular weight is 242 g/mol. The Morgan fingerprint density at radius 3 is 1.89 bits per heavy atom. The fourth-order valence-corrected chi connectivity index (χ4v) is 1.80. The summed E-state index contributed by atoms with van der Waals surface area (Å²) >= 11 is 0. The van der Waals surface area contributed by atoms with Gasteiger partial charge in [-0.05, 0) is 35.7 Å². The van der Waals surface area contributed by atoms with Gasteiger partial charge in [-0.1, -0.05) is 76.2 Å².